The number of rotatable bonds is 12. The Balaban J connectivity index is 1.66. The van der Waals surface area contributed by atoms with Crippen LogP contribution >= 0.6 is 0 Å². The van der Waals surface area contributed by atoms with Crippen molar-refractivity contribution in [3.63, 3.8) is 0 Å². The third kappa shape index (κ3) is 6.91. The van der Waals surface area contributed by atoms with E-state index in [0.29, 0.717) is 36.2 Å². The first kappa shape index (κ1) is 24.5. The molecule has 3 rings (SSSR count). The lowest BCUT2D eigenvalue weighted by molar-refractivity contribution is 0.326. The SMILES string of the molecule is C=CCOc1ccc(C=Cc2ccc(C=Cc3ccc(OCC=C)c(OC)c3)cc2)cc1OC. The van der Waals surface area contributed by atoms with Gasteiger partial charge in [-0.2, -0.15) is 0 Å². The summed E-state index contributed by atoms with van der Waals surface area (Å²) in [5.41, 5.74) is 4.27. The zero-order chi connectivity index (χ0) is 24.2. The molecule has 4 heteroatoms. The topological polar surface area (TPSA) is 36.9 Å². The molecule has 0 atom stereocenters. The molecule has 0 heterocycles. The van der Waals surface area contributed by atoms with Gasteiger partial charge in [-0.25, -0.2) is 0 Å². The van der Waals surface area contributed by atoms with Gasteiger partial charge in [0.25, 0.3) is 0 Å². The average molecular weight is 455 g/mol. The molecule has 0 aliphatic rings. The van der Waals surface area contributed by atoms with E-state index in [9.17, 15) is 0 Å². The van der Waals surface area contributed by atoms with Crippen molar-refractivity contribution in [2.45, 2.75) is 0 Å². The van der Waals surface area contributed by atoms with E-state index in [2.05, 4.69) is 49.6 Å². The molecule has 4 nitrogen and oxygen atoms in total. The van der Waals surface area contributed by atoms with E-state index in [1.54, 1.807) is 26.4 Å². The summed E-state index contributed by atoms with van der Waals surface area (Å²) in [6.07, 6.45) is 11.6. The number of hydrogen-bond donors (Lipinski definition) is 0. The van der Waals surface area contributed by atoms with Crippen molar-refractivity contribution < 1.29 is 18.9 Å². The quantitative estimate of drug-likeness (QED) is 0.215. The summed E-state index contributed by atoms with van der Waals surface area (Å²) < 4.78 is 22.1. The monoisotopic (exact) mass is 454 g/mol. The molecule has 0 aliphatic heterocycles. The van der Waals surface area contributed by atoms with E-state index < -0.39 is 0 Å². The van der Waals surface area contributed by atoms with Crippen molar-refractivity contribution in [2.24, 2.45) is 0 Å². The highest BCUT2D eigenvalue weighted by atomic mass is 16.5. The average Bonchev–Trinajstić information content (AvgIpc) is 2.89. The van der Waals surface area contributed by atoms with Crippen molar-refractivity contribution in [1.29, 1.82) is 0 Å². The molecule has 0 saturated carbocycles. The Morgan fingerprint density at radius 3 is 1.24 bits per heavy atom. The predicted molar refractivity (Wildman–Crippen MR) is 142 cm³/mol. The Bertz CT molecular complexity index is 1060. The Kier molecular flexibility index (Phi) is 9.18. The Morgan fingerprint density at radius 1 is 0.529 bits per heavy atom. The van der Waals surface area contributed by atoms with Gasteiger partial charge < -0.3 is 18.9 Å². The van der Waals surface area contributed by atoms with Crippen LogP contribution in [-0.4, -0.2) is 27.4 Å². The van der Waals surface area contributed by atoms with Gasteiger partial charge in [-0.1, -0.05) is 86.0 Å². The third-order valence-electron chi connectivity index (χ3n) is 4.96. The molecular weight excluding hydrogens is 424 g/mol. The first-order valence-corrected chi connectivity index (χ1v) is 11.0. The molecule has 0 aromatic heterocycles. The van der Waals surface area contributed by atoms with E-state index in [0.717, 1.165) is 22.3 Å². The highest BCUT2D eigenvalue weighted by Crippen LogP contribution is 2.30. The van der Waals surface area contributed by atoms with Crippen molar-refractivity contribution in [3.8, 4) is 23.0 Å². The maximum absolute atomic E-state index is 5.61. The summed E-state index contributed by atoms with van der Waals surface area (Å²) in [4.78, 5) is 0. The van der Waals surface area contributed by atoms with Crippen molar-refractivity contribution in [2.75, 3.05) is 27.4 Å². The van der Waals surface area contributed by atoms with E-state index >= 15 is 0 Å². The van der Waals surface area contributed by atoms with Gasteiger partial charge in [-0.3, -0.25) is 0 Å². The van der Waals surface area contributed by atoms with Crippen LogP contribution in [0, 0.1) is 0 Å². The van der Waals surface area contributed by atoms with E-state index in [4.69, 9.17) is 18.9 Å². The van der Waals surface area contributed by atoms with Crippen LogP contribution in [0.4, 0.5) is 0 Å². The second-order valence-corrected chi connectivity index (χ2v) is 7.35. The van der Waals surface area contributed by atoms with Gasteiger partial charge in [0.05, 0.1) is 14.2 Å². The summed E-state index contributed by atoms with van der Waals surface area (Å²) in [6.45, 7) is 8.22. The van der Waals surface area contributed by atoms with Crippen LogP contribution in [-0.2, 0) is 0 Å². The van der Waals surface area contributed by atoms with Gasteiger partial charge in [0.2, 0.25) is 0 Å². The molecule has 3 aromatic carbocycles. The molecule has 174 valence electrons. The molecule has 0 N–H and O–H groups in total. The summed E-state index contributed by atoms with van der Waals surface area (Å²) in [5.74, 6) is 2.79. The lowest BCUT2D eigenvalue weighted by Crippen LogP contribution is -1.96. The first-order chi connectivity index (χ1) is 16.7. The molecule has 0 amide bonds. The van der Waals surface area contributed by atoms with Gasteiger partial charge >= 0.3 is 0 Å². The van der Waals surface area contributed by atoms with Crippen LogP contribution in [0.3, 0.4) is 0 Å². The van der Waals surface area contributed by atoms with Gasteiger partial charge in [0.1, 0.15) is 13.2 Å². The third-order valence-corrected chi connectivity index (χ3v) is 4.96. The lowest BCUT2D eigenvalue weighted by atomic mass is 10.1. The standard InChI is InChI=1S/C30H30O4/c1-5-19-33-27-17-15-25(21-29(27)31-3)13-11-23-7-9-24(10-8-23)12-14-26-16-18-28(34-20-6-2)30(22-26)32-4/h5-18,21-22H,1-2,19-20H2,3-4H3. The second-order valence-electron chi connectivity index (χ2n) is 7.35. The smallest absolute Gasteiger partial charge is 0.161 e. The molecule has 0 spiro atoms. The molecule has 0 fully saturated rings. The van der Waals surface area contributed by atoms with Crippen molar-refractivity contribution >= 4 is 24.3 Å². The molecular formula is C30H30O4. The molecule has 0 unspecified atom stereocenters. The van der Waals surface area contributed by atoms with E-state index in [1.165, 1.54) is 0 Å². The predicted octanol–water partition coefficient (Wildman–Crippen LogP) is 7.17. The van der Waals surface area contributed by atoms with Crippen LogP contribution in [0.2, 0.25) is 0 Å². The molecule has 3 aromatic rings. The largest absolute Gasteiger partial charge is 0.493 e. The number of benzene rings is 3. The Hall–Kier alpha value is -4.18. The van der Waals surface area contributed by atoms with Crippen molar-refractivity contribution in [1.82, 2.24) is 0 Å². The van der Waals surface area contributed by atoms with Gasteiger partial charge in [-0.05, 0) is 46.5 Å². The zero-order valence-electron chi connectivity index (χ0n) is 19.7. The van der Waals surface area contributed by atoms with Gasteiger partial charge in [-0.15, -0.1) is 0 Å². The molecule has 0 saturated heterocycles. The normalized spacial score (nSPS) is 10.9. The fourth-order valence-electron chi connectivity index (χ4n) is 3.21. The van der Waals surface area contributed by atoms with E-state index in [1.807, 2.05) is 48.6 Å². The molecule has 0 radical (unpaired) electrons. The minimum absolute atomic E-state index is 0.440. The zero-order valence-corrected chi connectivity index (χ0v) is 19.7. The maximum atomic E-state index is 5.61. The minimum Gasteiger partial charge on any atom is -0.493 e. The lowest BCUT2D eigenvalue weighted by Gasteiger charge is -2.09. The summed E-state index contributed by atoms with van der Waals surface area (Å²) in [5, 5.41) is 0. The number of hydrogen-bond acceptors (Lipinski definition) is 4. The molecule has 34 heavy (non-hydrogen) atoms. The second kappa shape index (κ2) is 12.8. The fourth-order valence-corrected chi connectivity index (χ4v) is 3.21. The summed E-state index contributed by atoms with van der Waals surface area (Å²) in [7, 11) is 3.27. The van der Waals surface area contributed by atoms with Crippen LogP contribution < -0.4 is 18.9 Å². The maximum Gasteiger partial charge on any atom is 0.161 e. The number of ether oxygens (including phenoxy) is 4. The Morgan fingerprint density at radius 2 is 0.882 bits per heavy atom. The highest BCUT2D eigenvalue weighted by molar-refractivity contribution is 5.74. The van der Waals surface area contributed by atoms with Gasteiger partial charge in [0.15, 0.2) is 23.0 Å². The van der Waals surface area contributed by atoms with Crippen molar-refractivity contribution in [3.05, 3.63) is 108 Å². The van der Waals surface area contributed by atoms with Crippen LogP contribution in [0.15, 0.2) is 86.0 Å². The molecule has 0 aliphatic carbocycles. The minimum atomic E-state index is 0.440. The van der Waals surface area contributed by atoms with Gasteiger partial charge in [0, 0.05) is 0 Å². The van der Waals surface area contributed by atoms with E-state index in [-0.39, 0.29) is 0 Å². The van der Waals surface area contributed by atoms with Crippen LogP contribution in [0.5, 0.6) is 23.0 Å². The number of methoxy groups -OCH3 is 2. The summed E-state index contributed by atoms with van der Waals surface area (Å²) in [6, 6.07) is 20.0. The Labute approximate surface area is 202 Å². The fraction of sp³-hybridized carbons (Fsp3) is 0.133. The van der Waals surface area contributed by atoms with Crippen LogP contribution in [0.25, 0.3) is 24.3 Å². The van der Waals surface area contributed by atoms with Crippen LogP contribution in [0.1, 0.15) is 22.3 Å². The highest BCUT2D eigenvalue weighted by Gasteiger charge is 2.05. The first-order valence-electron chi connectivity index (χ1n) is 11.0. The summed E-state index contributed by atoms with van der Waals surface area (Å²) >= 11 is 0. The molecule has 0 bridgehead atoms.